The van der Waals surface area contributed by atoms with E-state index >= 15 is 0 Å². The molecule has 0 aliphatic carbocycles. The molecule has 2 aromatic carbocycles. The Bertz CT molecular complexity index is 786. The first-order valence-corrected chi connectivity index (χ1v) is 8.59. The van der Waals surface area contributed by atoms with E-state index in [9.17, 15) is 9.59 Å². The maximum Gasteiger partial charge on any atom is 0.316 e. The Balaban J connectivity index is 1.72. The number of amides is 1. The zero-order chi connectivity index (χ0) is 17.3. The molecule has 1 atom stereocenters. The number of aryl methyl sites for hydroxylation is 1. The Hall–Kier alpha value is -2.14. The Morgan fingerprint density at radius 3 is 2.58 bits per heavy atom. The second-order valence-corrected chi connectivity index (χ2v) is 6.92. The number of halogens is 1. The fourth-order valence-corrected chi connectivity index (χ4v) is 3.03. The number of ether oxygens (including phenoxy) is 1. The van der Waals surface area contributed by atoms with Crippen molar-refractivity contribution in [2.24, 2.45) is 5.92 Å². The van der Waals surface area contributed by atoms with Gasteiger partial charge in [0.1, 0.15) is 5.75 Å². The molecule has 1 heterocycles. The van der Waals surface area contributed by atoms with Crippen LogP contribution in [0.2, 0.25) is 0 Å². The van der Waals surface area contributed by atoms with Gasteiger partial charge in [-0.05, 0) is 55.3 Å². The minimum Gasteiger partial charge on any atom is -0.426 e. The third-order valence-corrected chi connectivity index (χ3v) is 4.89. The number of nitrogens with zero attached hydrogens (tertiary/aromatic N) is 1. The summed E-state index contributed by atoms with van der Waals surface area (Å²) in [4.78, 5) is 26.3. The molecule has 0 bridgehead atoms. The van der Waals surface area contributed by atoms with E-state index in [1.54, 1.807) is 11.0 Å². The standard InChI is InChI=1S/C19H18BrNO3/c1-12-4-3-5-17(13(12)2)24-19(23)14-10-18(22)21(11-14)16-8-6-15(20)7-9-16/h3-9,14H,10-11H2,1-2H3/t14-/m0/s1. The van der Waals surface area contributed by atoms with Crippen LogP contribution in [0.15, 0.2) is 46.9 Å². The number of carbonyl (C=O) groups excluding carboxylic acids is 2. The van der Waals surface area contributed by atoms with Crippen LogP contribution in [0.3, 0.4) is 0 Å². The van der Waals surface area contributed by atoms with Gasteiger partial charge in [-0.2, -0.15) is 0 Å². The predicted octanol–water partition coefficient (Wildman–Crippen LogP) is 4.02. The predicted molar refractivity (Wildman–Crippen MR) is 96.2 cm³/mol. The summed E-state index contributed by atoms with van der Waals surface area (Å²) < 4.78 is 6.48. The summed E-state index contributed by atoms with van der Waals surface area (Å²) in [5.41, 5.74) is 2.81. The molecule has 1 fully saturated rings. The van der Waals surface area contributed by atoms with Gasteiger partial charge in [0, 0.05) is 23.1 Å². The van der Waals surface area contributed by atoms with E-state index in [2.05, 4.69) is 15.9 Å². The number of hydrogen-bond donors (Lipinski definition) is 0. The molecule has 0 saturated carbocycles. The zero-order valence-electron chi connectivity index (χ0n) is 13.6. The summed E-state index contributed by atoms with van der Waals surface area (Å²) in [5, 5.41) is 0. The van der Waals surface area contributed by atoms with Crippen LogP contribution in [-0.4, -0.2) is 18.4 Å². The molecule has 0 unspecified atom stereocenters. The number of benzene rings is 2. The Labute approximate surface area is 149 Å². The minimum absolute atomic E-state index is 0.0553. The van der Waals surface area contributed by atoms with Crippen molar-refractivity contribution in [1.29, 1.82) is 0 Å². The van der Waals surface area contributed by atoms with Gasteiger partial charge in [0.15, 0.2) is 0 Å². The van der Waals surface area contributed by atoms with Gasteiger partial charge < -0.3 is 9.64 Å². The van der Waals surface area contributed by atoms with Gasteiger partial charge in [-0.3, -0.25) is 9.59 Å². The fraction of sp³-hybridized carbons (Fsp3) is 0.263. The lowest BCUT2D eigenvalue weighted by Crippen LogP contribution is -2.27. The normalized spacial score (nSPS) is 17.2. The summed E-state index contributed by atoms with van der Waals surface area (Å²) >= 11 is 3.38. The van der Waals surface area contributed by atoms with Crippen LogP contribution in [0.4, 0.5) is 5.69 Å². The van der Waals surface area contributed by atoms with Crippen molar-refractivity contribution < 1.29 is 14.3 Å². The first-order chi connectivity index (χ1) is 11.5. The van der Waals surface area contributed by atoms with Crippen LogP contribution in [-0.2, 0) is 9.59 Å². The van der Waals surface area contributed by atoms with Gasteiger partial charge in [-0.1, -0.05) is 28.1 Å². The first-order valence-electron chi connectivity index (χ1n) is 7.79. The monoisotopic (exact) mass is 387 g/mol. The second kappa shape index (κ2) is 6.77. The third-order valence-electron chi connectivity index (χ3n) is 4.36. The van der Waals surface area contributed by atoms with E-state index in [1.165, 1.54) is 0 Å². The lowest BCUT2D eigenvalue weighted by Gasteiger charge is -2.17. The molecule has 0 aromatic heterocycles. The van der Waals surface area contributed by atoms with Crippen molar-refractivity contribution in [2.45, 2.75) is 20.3 Å². The first kappa shape index (κ1) is 16.7. The number of rotatable bonds is 3. The van der Waals surface area contributed by atoms with Crippen LogP contribution in [0.5, 0.6) is 5.75 Å². The summed E-state index contributed by atoms with van der Waals surface area (Å²) in [6.07, 6.45) is 0.180. The van der Waals surface area contributed by atoms with Gasteiger partial charge in [0.2, 0.25) is 5.91 Å². The molecule has 1 aliphatic heterocycles. The van der Waals surface area contributed by atoms with E-state index < -0.39 is 5.92 Å². The second-order valence-electron chi connectivity index (χ2n) is 6.00. The highest BCUT2D eigenvalue weighted by molar-refractivity contribution is 9.10. The van der Waals surface area contributed by atoms with Gasteiger partial charge >= 0.3 is 5.97 Å². The van der Waals surface area contributed by atoms with Crippen LogP contribution >= 0.6 is 15.9 Å². The largest absolute Gasteiger partial charge is 0.426 e. The maximum atomic E-state index is 12.4. The van der Waals surface area contributed by atoms with Crippen molar-refractivity contribution in [3.8, 4) is 5.75 Å². The Kier molecular flexibility index (Phi) is 4.71. The molecule has 4 nitrogen and oxygen atoms in total. The molecule has 3 rings (SSSR count). The lowest BCUT2D eigenvalue weighted by atomic mass is 10.1. The Morgan fingerprint density at radius 1 is 1.17 bits per heavy atom. The Morgan fingerprint density at radius 2 is 1.88 bits per heavy atom. The van der Waals surface area contributed by atoms with E-state index in [4.69, 9.17) is 4.74 Å². The molecule has 0 spiro atoms. The van der Waals surface area contributed by atoms with Crippen LogP contribution < -0.4 is 9.64 Å². The number of carbonyl (C=O) groups is 2. The highest BCUT2D eigenvalue weighted by Gasteiger charge is 2.36. The highest BCUT2D eigenvalue weighted by Crippen LogP contribution is 2.28. The van der Waals surface area contributed by atoms with Gasteiger partial charge in [0.25, 0.3) is 0 Å². The smallest absolute Gasteiger partial charge is 0.316 e. The highest BCUT2D eigenvalue weighted by atomic mass is 79.9. The van der Waals surface area contributed by atoms with Crippen molar-refractivity contribution in [3.63, 3.8) is 0 Å². The molecule has 1 aliphatic rings. The molecule has 5 heteroatoms. The number of hydrogen-bond acceptors (Lipinski definition) is 3. The average molecular weight is 388 g/mol. The molecule has 124 valence electrons. The average Bonchev–Trinajstić information content (AvgIpc) is 2.94. The van der Waals surface area contributed by atoms with E-state index in [0.29, 0.717) is 12.3 Å². The van der Waals surface area contributed by atoms with E-state index in [0.717, 1.165) is 21.3 Å². The molecule has 1 saturated heterocycles. The third kappa shape index (κ3) is 3.36. The fourth-order valence-electron chi connectivity index (χ4n) is 2.76. The summed E-state index contributed by atoms with van der Waals surface area (Å²) in [5.74, 6) is -0.285. The lowest BCUT2D eigenvalue weighted by molar-refractivity contribution is -0.139. The van der Waals surface area contributed by atoms with Crippen LogP contribution in [0.1, 0.15) is 17.5 Å². The number of anilines is 1. The van der Waals surface area contributed by atoms with Gasteiger partial charge in [-0.25, -0.2) is 0 Å². The van der Waals surface area contributed by atoms with E-state index in [-0.39, 0.29) is 18.3 Å². The summed E-state index contributed by atoms with van der Waals surface area (Å²) in [6.45, 7) is 4.25. The molecule has 0 N–H and O–H groups in total. The van der Waals surface area contributed by atoms with Crippen LogP contribution in [0, 0.1) is 19.8 Å². The quantitative estimate of drug-likeness (QED) is 0.589. The molecule has 24 heavy (non-hydrogen) atoms. The van der Waals surface area contributed by atoms with Crippen molar-refractivity contribution in [3.05, 3.63) is 58.1 Å². The summed E-state index contributed by atoms with van der Waals surface area (Å²) in [6, 6.07) is 13.1. The van der Waals surface area contributed by atoms with Crippen LogP contribution in [0.25, 0.3) is 0 Å². The summed E-state index contributed by atoms with van der Waals surface area (Å²) in [7, 11) is 0. The molecule has 1 amide bonds. The number of esters is 1. The SMILES string of the molecule is Cc1cccc(OC(=O)[C@H]2CC(=O)N(c3ccc(Br)cc3)C2)c1C. The van der Waals surface area contributed by atoms with Crippen molar-refractivity contribution in [2.75, 3.05) is 11.4 Å². The van der Waals surface area contributed by atoms with Gasteiger partial charge in [0.05, 0.1) is 5.92 Å². The minimum atomic E-state index is -0.443. The molecule has 2 aromatic rings. The van der Waals surface area contributed by atoms with Crippen molar-refractivity contribution >= 4 is 33.5 Å². The molecule has 0 radical (unpaired) electrons. The molecular formula is C19H18BrNO3. The zero-order valence-corrected chi connectivity index (χ0v) is 15.2. The van der Waals surface area contributed by atoms with Gasteiger partial charge in [-0.15, -0.1) is 0 Å². The van der Waals surface area contributed by atoms with E-state index in [1.807, 2.05) is 50.2 Å². The maximum absolute atomic E-state index is 12.4. The topological polar surface area (TPSA) is 46.6 Å². The molecular weight excluding hydrogens is 370 g/mol. The van der Waals surface area contributed by atoms with Crippen molar-refractivity contribution in [1.82, 2.24) is 0 Å².